The monoisotopic (exact) mass is 354 g/mol. The van der Waals surface area contributed by atoms with E-state index in [0.717, 1.165) is 13.1 Å². The van der Waals surface area contributed by atoms with Crippen molar-refractivity contribution in [2.75, 3.05) is 19.7 Å². The van der Waals surface area contributed by atoms with Crippen LogP contribution in [0.1, 0.15) is 17.2 Å². The predicted octanol–water partition coefficient (Wildman–Crippen LogP) is 1.83. The second-order valence-corrected chi connectivity index (χ2v) is 6.27. The minimum Gasteiger partial charge on any atom is -0.479 e. The van der Waals surface area contributed by atoms with Gasteiger partial charge in [-0.05, 0) is 11.1 Å². The van der Waals surface area contributed by atoms with Crippen LogP contribution in [-0.4, -0.2) is 47.7 Å². The van der Waals surface area contributed by atoms with Crippen LogP contribution in [0.2, 0.25) is 0 Å². The van der Waals surface area contributed by atoms with Gasteiger partial charge in [0.15, 0.2) is 6.04 Å². The van der Waals surface area contributed by atoms with Crippen LogP contribution < -0.4 is 5.32 Å². The number of rotatable bonds is 6. The van der Waals surface area contributed by atoms with E-state index in [1.54, 1.807) is 30.3 Å². The van der Waals surface area contributed by atoms with Gasteiger partial charge in [-0.2, -0.15) is 0 Å². The van der Waals surface area contributed by atoms with Crippen molar-refractivity contribution in [3.05, 3.63) is 71.8 Å². The Kier molecular flexibility index (Phi) is 5.99. The van der Waals surface area contributed by atoms with E-state index in [9.17, 15) is 14.7 Å². The third-order valence-electron chi connectivity index (χ3n) is 4.36. The van der Waals surface area contributed by atoms with Gasteiger partial charge >= 0.3 is 5.97 Å². The lowest BCUT2D eigenvalue weighted by atomic mass is 10.1. The predicted molar refractivity (Wildman–Crippen MR) is 96.4 cm³/mol. The molecule has 3 rings (SSSR count). The summed E-state index contributed by atoms with van der Waals surface area (Å²) in [6.45, 7) is 2.34. The maximum Gasteiger partial charge on any atom is 0.330 e. The minimum atomic E-state index is -1.10. The van der Waals surface area contributed by atoms with Gasteiger partial charge in [-0.3, -0.25) is 9.69 Å². The third-order valence-corrected chi connectivity index (χ3v) is 4.36. The normalized spacial score (nSPS) is 18.8. The Balaban J connectivity index is 1.62. The largest absolute Gasteiger partial charge is 0.479 e. The molecule has 0 aliphatic carbocycles. The highest BCUT2D eigenvalue weighted by molar-refractivity contribution is 5.87. The molecule has 1 saturated heterocycles. The van der Waals surface area contributed by atoms with E-state index in [0.29, 0.717) is 18.7 Å². The van der Waals surface area contributed by atoms with Crippen molar-refractivity contribution in [3.63, 3.8) is 0 Å². The van der Waals surface area contributed by atoms with E-state index in [1.807, 2.05) is 30.3 Å². The zero-order chi connectivity index (χ0) is 18.4. The molecule has 136 valence electrons. The van der Waals surface area contributed by atoms with Gasteiger partial charge in [-0.25, -0.2) is 4.79 Å². The summed E-state index contributed by atoms with van der Waals surface area (Å²) in [4.78, 5) is 26.3. The smallest absolute Gasteiger partial charge is 0.330 e. The number of morpholine rings is 1. The van der Waals surface area contributed by atoms with Crippen molar-refractivity contribution < 1.29 is 19.4 Å². The van der Waals surface area contributed by atoms with Gasteiger partial charge in [0.2, 0.25) is 0 Å². The van der Waals surface area contributed by atoms with E-state index in [1.165, 1.54) is 5.56 Å². The van der Waals surface area contributed by atoms with E-state index in [-0.39, 0.29) is 0 Å². The Labute approximate surface area is 152 Å². The number of benzene rings is 2. The summed E-state index contributed by atoms with van der Waals surface area (Å²) in [5.41, 5.74) is 1.70. The zero-order valence-electron chi connectivity index (χ0n) is 14.4. The van der Waals surface area contributed by atoms with Gasteiger partial charge in [0.05, 0.1) is 6.61 Å². The Morgan fingerprint density at radius 1 is 1.12 bits per heavy atom. The van der Waals surface area contributed by atoms with Crippen LogP contribution in [0.5, 0.6) is 0 Å². The summed E-state index contributed by atoms with van der Waals surface area (Å²) in [7, 11) is 0. The SMILES string of the molecule is O=C(N[C@H](C(=O)O)c1ccccc1)[C@@H]1CN(Cc2ccccc2)CCO1. The van der Waals surface area contributed by atoms with Gasteiger partial charge in [0, 0.05) is 19.6 Å². The van der Waals surface area contributed by atoms with Crippen LogP contribution >= 0.6 is 0 Å². The van der Waals surface area contributed by atoms with Crippen molar-refractivity contribution in [1.29, 1.82) is 0 Å². The highest BCUT2D eigenvalue weighted by Crippen LogP contribution is 2.15. The lowest BCUT2D eigenvalue weighted by Crippen LogP contribution is -2.50. The summed E-state index contributed by atoms with van der Waals surface area (Å²) >= 11 is 0. The standard InChI is InChI=1S/C20H22N2O4/c23-19(21-18(20(24)25)16-9-5-2-6-10-16)17-14-22(11-12-26-17)13-15-7-3-1-4-8-15/h1-10,17-18H,11-14H2,(H,21,23)(H,24,25)/t17-,18-/m0/s1. The molecule has 2 aromatic rings. The van der Waals surface area contributed by atoms with Gasteiger partial charge in [0.1, 0.15) is 6.10 Å². The highest BCUT2D eigenvalue weighted by atomic mass is 16.5. The minimum absolute atomic E-state index is 0.404. The van der Waals surface area contributed by atoms with Gasteiger partial charge in [0.25, 0.3) is 5.91 Å². The molecule has 2 aromatic carbocycles. The fourth-order valence-electron chi connectivity index (χ4n) is 3.01. The summed E-state index contributed by atoms with van der Waals surface area (Å²) in [5, 5.41) is 12.1. The van der Waals surface area contributed by atoms with Crippen molar-refractivity contribution in [2.45, 2.75) is 18.7 Å². The summed E-state index contributed by atoms with van der Waals surface area (Å²) in [5.74, 6) is -1.50. The summed E-state index contributed by atoms with van der Waals surface area (Å²) < 4.78 is 5.58. The van der Waals surface area contributed by atoms with Crippen molar-refractivity contribution in [3.8, 4) is 0 Å². The number of aliphatic carboxylic acids is 1. The van der Waals surface area contributed by atoms with Crippen LogP contribution in [0.25, 0.3) is 0 Å². The number of carbonyl (C=O) groups excluding carboxylic acids is 1. The fraction of sp³-hybridized carbons (Fsp3) is 0.300. The first-order chi connectivity index (χ1) is 12.6. The number of carboxylic acid groups (broad SMARTS) is 1. The van der Waals surface area contributed by atoms with Crippen LogP contribution in [0.15, 0.2) is 60.7 Å². The fourth-order valence-corrected chi connectivity index (χ4v) is 3.01. The van der Waals surface area contributed by atoms with Crippen LogP contribution in [0, 0.1) is 0 Å². The van der Waals surface area contributed by atoms with E-state index < -0.39 is 24.0 Å². The number of carbonyl (C=O) groups is 2. The average Bonchev–Trinajstić information content (AvgIpc) is 2.67. The number of amides is 1. The topological polar surface area (TPSA) is 78.9 Å². The molecule has 1 fully saturated rings. The molecule has 2 atom stereocenters. The number of ether oxygens (including phenoxy) is 1. The molecule has 6 heteroatoms. The molecular weight excluding hydrogens is 332 g/mol. The first-order valence-electron chi connectivity index (χ1n) is 8.59. The van der Waals surface area contributed by atoms with E-state index >= 15 is 0 Å². The Hall–Kier alpha value is -2.70. The Morgan fingerprint density at radius 2 is 1.77 bits per heavy atom. The third kappa shape index (κ3) is 4.68. The van der Waals surface area contributed by atoms with Crippen LogP contribution in [0.3, 0.4) is 0 Å². The maximum absolute atomic E-state index is 12.6. The molecule has 0 aromatic heterocycles. The molecule has 0 saturated carbocycles. The first-order valence-corrected chi connectivity index (χ1v) is 8.59. The zero-order valence-corrected chi connectivity index (χ0v) is 14.4. The molecule has 0 radical (unpaired) electrons. The quantitative estimate of drug-likeness (QED) is 0.827. The number of carboxylic acids is 1. The second-order valence-electron chi connectivity index (χ2n) is 6.27. The molecule has 1 heterocycles. The number of hydrogen-bond acceptors (Lipinski definition) is 4. The average molecular weight is 354 g/mol. The first kappa shape index (κ1) is 18.1. The summed E-state index contributed by atoms with van der Waals surface area (Å²) in [6.07, 6.45) is -0.682. The number of hydrogen-bond donors (Lipinski definition) is 2. The molecule has 26 heavy (non-hydrogen) atoms. The van der Waals surface area contributed by atoms with Crippen LogP contribution in [-0.2, 0) is 20.9 Å². The van der Waals surface area contributed by atoms with Crippen LogP contribution in [0.4, 0.5) is 0 Å². The Morgan fingerprint density at radius 3 is 2.42 bits per heavy atom. The lowest BCUT2D eigenvalue weighted by molar-refractivity contribution is -0.147. The van der Waals surface area contributed by atoms with E-state index in [2.05, 4.69) is 10.2 Å². The summed E-state index contributed by atoms with van der Waals surface area (Å²) in [6, 6.07) is 17.6. The van der Waals surface area contributed by atoms with Gasteiger partial charge in [-0.1, -0.05) is 60.7 Å². The number of nitrogens with one attached hydrogen (secondary N) is 1. The van der Waals surface area contributed by atoms with Crippen molar-refractivity contribution in [2.24, 2.45) is 0 Å². The molecule has 1 aliphatic heterocycles. The number of nitrogens with zero attached hydrogens (tertiary/aromatic N) is 1. The molecule has 6 nitrogen and oxygen atoms in total. The van der Waals surface area contributed by atoms with Gasteiger partial charge < -0.3 is 15.2 Å². The van der Waals surface area contributed by atoms with E-state index in [4.69, 9.17) is 4.74 Å². The maximum atomic E-state index is 12.6. The highest BCUT2D eigenvalue weighted by Gasteiger charge is 2.30. The van der Waals surface area contributed by atoms with Crippen molar-refractivity contribution in [1.82, 2.24) is 10.2 Å². The molecule has 1 amide bonds. The van der Waals surface area contributed by atoms with Crippen molar-refractivity contribution >= 4 is 11.9 Å². The Bertz CT molecular complexity index is 736. The second kappa shape index (κ2) is 8.60. The molecular formula is C20H22N2O4. The lowest BCUT2D eigenvalue weighted by Gasteiger charge is -2.32. The molecule has 0 spiro atoms. The molecule has 2 N–H and O–H groups in total. The molecule has 0 unspecified atom stereocenters. The van der Waals surface area contributed by atoms with Gasteiger partial charge in [-0.15, -0.1) is 0 Å². The molecule has 0 bridgehead atoms. The molecule has 1 aliphatic rings.